The molecule has 0 bridgehead atoms. The summed E-state index contributed by atoms with van der Waals surface area (Å²) in [6.45, 7) is 1.19. The zero-order valence-corrected chi connectivity index (χ0v) is 18.3. The molecular weight excluding hydrogens is 398 g/mol. The van der Waals surface area contributed by atoms with Gasteiger partial charge in [0, 0.05) is 44.5 Å². The minimum Gasteiger partial charge on any atom is -0.377 e. The number of nitrogens with zero attached hydrogens (tertiary/aromatic N) is 2. The molecule has 2 aliphatic carbocycles. The van der Waals surface area contributed by atoms with Crippen LogP contribution < -0.4 is 10.2 Å². The predicted molar refractivity (Wildman–Crippen MR) is 121 cm³/mol. The lowest BCUT2D eigenvalue weighted by molar-refractivity contribution is -0.117. The van der Waals surface area contributed by atoms with Crippen molar-refractivity contribution in [3.63, 3.8) is 0 Å². The van der Waals surface area contributed by atoms with Gasteiger partial charge in [-0.2, -0.15) is 0 Å². The molecule has 6 heteroatoms. The Labute approximate surface area is 183 Å². The third kappa shape index (κ3) is 4.96. The summed E-state index contributed by atoms with van der Waals surface area (Å²) >= 11 is 6.31. The molecule has 4 rings (SSSR count). The summed E-state index contributed by atoms with van der Waals surface area (Å²) < 4.78 is 0. The van der Waals surface area contributed by atoms with E-state index >= 15 is 0 Å². The van der Waals surface area contributed by atoms with Crippen molar-refractivity contribution >= 4 is 34.8 Å². The van der Waals surface area contributed by atoms with E-state index in [4.69, 9.17) is 11.6 Å². The molecule has 2 saturated carbocycles. The van der Waals surface area contributed by atoms with Crippen LogP contribution in [0.2, 0.25) is 5.02 Å². The second-order valence-electron chi connectivity index (χ2n) is 8.61. The van der Waals surface area contributed by atoms with Crippen molar-refractivity contribution in [2.24, 2.45) is 11.8 Å². The molecule has 2 aromatic carbocycles. The number of hydrogen-bond donors (Lipinski definition) is 1. The molecule has 0 saturated heterocycles. The van der Waals surface area contributed by atoms with Crippen LogP contribution in [0.3, 0.4) is 0 Å². The largest absolute Gasteiger partial charge is 0.377 e. The van der Waals surface area contributed by atoms with Gasteiger partial charge in [0.1, 0.15) is 0 Å². The standard InChI is InChI=1S/C24H28ClN3O2/c1-27(2)22-12-11-19(26-23(29)17-9-10-17)13-18(22)15-28(14-16-7-8-16)24(30)20-5-3-4-6-21(20)25/h3-6,11-13,16-17H,7-10,14-15H2,1-2H3,(H,26,29). The maximum Gasteiger partial charge on any atom is 0.255 e. The van der Waals surface area contributed by atoms with Gasteiger partial charge in [-0.3, -0.25) is 9.59 Å². The average Bonchev–Trinajstić information content (AvgIpc) is 3.61. The van der Waals surface area contributed by atoms with E-state index < -0.39 is 0 Å². The average molecular weight is 426 g/mol. The number of carbonyl (C=O) groups is 2. The molecule has 2 aliphatic rings. The van der Waals surface area contributed by atoms with Gasteiger partial charge >= 0.3 is 0 Å². The van der Waals surface area contributed by atoms with Crippen molar-refractivity contribution in [3.05, 3.63) is 58.6 Å². The molecule has 0 aliphatic heterocycles. The summed E-state index contributed by atoms with van der Waals surface area (Å²) in [4.78, 5) is 29.5. The normalized spacial score (nSPS) is 15.6. The molecule has 0 heterocycles. The van der Waals surface area contributed by atoms with Crippen LogP contribution in [0, 0.1) is 11.8 Å². The van der Waals surface area contributed by atoms with Crippen molar-refractivity contribution in [2.75, 3.05) is 30.9 Å². The quantitative estimate of drug-likeness (QED) is 0.660. The van der Waals surface area contributed by atoms with E-state index in [9.17, 15) is 9.59 Å². The maximum absolute atomic E-state index is 13.3. The molecular formula is C24H28ClN3O2. The van der Waals surface area contributed by atoms with Crippen LogP contribution in [-0.2, 0) is 11.3 Å². The fraction of sp³-hybridized carbons (Fsp3) is 0.417. The molecule has 2 fully saturated rings. The molecule has 5 nitrogen and oxygen atoms in total. The summed E-state index contributed by atoms with van der Waals surface area (Å²) in [6, 6.07) is 13.1. The Morgan fingerprint density at radius 3 is 2.43 bits per heavy atom. The van der Waals surface area contributed by atoms with E-state index in [1.54, 1.807) is 12.1 Å². The SMILES string of the molecule is CN(C)c1ccc(NC(=O)C2CC2)cc1CN(CC1CC1)C(=O)c1ccccc1Cl. The summed E-state index contributed by atoms with van der Waals surface area (Å²) in [7, 11) is 3.98. The Bertz CT molecular complexity index is 951. The zero-order chi connectivity index (χ0) is 21.3. The van der Waals surface area contributed by atoms with Crippen LogP contribution in [-0.4, -0.2) is 37.4 Å². The van der Waals surface area contributed by atoms with Crippen molar-refractivity contribution in [1.82, 2.24) is 4.90 Å². The van der Waals surface area contributed by atoms with Gasteiger partial charge in [-0.15, -0.1) is 0 Å². The lowest BCUT2D eigenvalue weighted by Crippen LogP contribution is -2.33. The minimum atomic E-state index is -0.0513. The van der Waals surface area contributed by atoms with E-state index in [1.807, 2.05) is 54.2 Å². The third-order valence-electron chi connectivity index (χ3n) is 5.71. The van der Waals surface area contributed by atoms with Gasteiger partial charge in [0.05, 0.1) is 10.6 Å². The number of carbonyl (C=O) groups excluding carboxylic acids is 2. The highest BCUT2D eigenvalue weighted by molar-refractivity contribution is 6.33. The van der Waals surface area contributed by atoms with Gasteiger partial charge < -0.3 is 15.1 Å². The molecule has 2 aromatic rings. The van der Waals surface area contributed by atoms with Gasteiger partial charge in [-0.25, -0.2) is 0 Å². The Balaban J connectivity index is 1.61. The lowest BCUT2D eigenvalue weighted by Gasteiger charge is -2.27. The smallest absolute Gasteiger partial charge is 0.255 e. The van der Waals surface area contributed by atoms with E-state index in [2.05, 4.69) is 5.32 Å². The highest BCUT2D eigenvalue weighted by Crippen LogP contribution is 2.34. The molecule has 0 unspecified atom stereocenters. The van der Waals surface area contributed by atoms with Crippen LogP contribution in [0.25, 0.3) is 0 Å². The van der Waals surface area contributed by atoms with Crippen LogP contribution >= 0.6 is 11.6 Å². The van der Waals surface area contributed by atoms with Crippen LogP contribution in [0.4, 0.5) is 11.4 Å². The first-order chi connectivity index (χ1) is 14.4. The summed E-state index contributed by atoms with van der Waals surface area (Å²) in [6.07, 6.45) is 4.25. The van der Waals surface area contributed by atoms with E-state index in [0.717, 1.165) is 49.2 Å². The van der Waals surface area contributed by atoms with Crippen molar-refractivity contribution in [3.8, 4) is 0 Å². The number of anilines is 2. The van der Waals surface area contributed by atoms with Gasteiger partial charge in [0.2, 0.25) is 5.91 Å². The van der Waals surface area contributed by atoms with Crippen LogP contribution in [0.5, 0.6) is 0 Å². The molecule has 0 radical (unpaired) electrons. The molecule has 0 spiro atoms. The second-order valence-corrected chi connectivity index (χ2v) is 9.02. The molecule has 0 aromatic heterocycles. The molecule has 158 valence electrons. The van der Waals surface area contributed by atoms with Crippen molar-refractivity contribution in [1.29, 1.82) is 0 Å². The lowest BCUT2D eigenvalue weighted by atomic mass is 10.1. The predicted octanol–water partition coefficient (Wildman–Crippen LogP) is 4.81. The number of rotatable bonds is 8. The highest BCUT2D eigenvalue weighted by atomic mass is 35.5. The first kappa shape index (κ1) is 20.7. The van der Waals surface area contributed by atoms with E-state index in [1.165, 1.54) is 0 Å². The van der Waals surface area contributed by atoms with Crippen molar-refractivity contribution < 1.29 is 9.59 Å². The zero-order valence-electron chi connectivity index (χ0n) is 17.5. The van der Waals surface area contributed by atoms with Crippen molar-refractivity contribution in [2.45, 2.75) is 32.2 Å². The topological polar surface area (TPSA) is 52.7 Å². The van der Waals surface area contributed by atoms with Gasteiger partial charge in [0.25, 0.3) is 5.91 Å². The van der Waals surface area contributed by atoms with E-state index in [-0.39, 0.29) is 17.7 Å². The maximum atomic E-state index is 13.3. The Hall–Kier alpha value is -2.53. The number of halogens is 1. The van der Waals surface area contributed by atoms with Gasteiger partial charge in [-0.1, -0.05) is 23.7 Å². The minimum absolute atomic E-state index is 0.0513. The molecule has 30 heavy (non-hydrogen) atoms. The number of hydrogen-bond acceptors (Lipinski definition) is 3. The van der Waals surface area contributed by atoms with Crippen LogP contribution in [0.15, 0.2) is 42.5 Å². The number of benzene rings is 2. The molecule has 2 amide bonds. The van der Waals surface area contributed by atoms with Gasteiger partial charge in [0.15, 0.2) is 0 Å². The monoisotopic (exact) mass is 425 g/mol. The van der Waals surface area contributed by atoms with Gasteiger partial charge in [-0.05, 0) is 67.5 Å². The molecule has 1 N–H and O–H groups in total. The van der Waals surface area contributed by atoms with Crippen LogP contribution in [0.1, 0.15) is 41.6 Å². The third-order valence-corrected chi connectivity index (χ3v) is 6.03. The summed E-state index contributed by atoms with van der Waals surface area (Å²) in [5.74, 6) is 0.734. The second kappa shape index (κ2) is 8.68. The highest BCUT2D eigenvalue weighted by Gasteiger charge is 2.30. The Morgan fingerprint density at radius 2 is 1.80 bits per heavy atom. The summed E-state index contributed by atoms with van der Waals surface area (Å²) in [5.41, 5.74) is 3.36. The Morgan fingerprint density at radius 1 is 1.07 bits per heavy atom. The fourth-order valence-corrected chi connectivity index (χ4v) is 3.87. The number of amides is 2. The summed E-state index contributed by atoms with van der Waals surface area (Å²) in [5, 5.41) is 3.50. The molecule has 0 atom stereocenters. The first-order valence-electron chi connectivity index (χ1n) is 10.6. The van der Waals surface area contributed by atoms with E-state index in [0.29, 0.717) is 23.0 Å². The Kier molecular flexibility index (Phi) is 6.00. The first-order valence-corrected chi connectivity index (χ1v) is 10.9. The number of nitrogens with one attached hydrogen (secondary N) is 1. The fourth-order valence-electron chi connectivity index (χ4n) is 3.66.